The Morgan fingerprint density at radius 3 is 2.59 bits per heavy atom. The van der Waals surface area contributed by atoms with Crippen molar-refractivity contribution in [3.8, 4) is 11.4 Å². The Labute approximate surface area is 175 Å². The standard InChI is InChI=1S/C19H18ClN3O5S/c1-4-28-19(26)15-13-9-29-17(21-16(24)10(2)20)14(13)18(25)23(22-15)11-5-7-12(27-3)8-6-11/h5-10H,4H2,1-3H3,(H,21,24)/t10-/m0/s1. The van der Waals surface area contributed by atoms with Crippen LogP contribution in [0.3, 0.4) is 0 Å². The van der Waals surface area contributed by atoms with E-state index in [-0.39, 0.29) is 22.7 Å². The molecule has 0 saturated heterocycles. The number of ether oxygens (including phenoxy) is 2. The highest BCUT2D eigenvalue weighted by Gasteiger charge is 2.23. The summed E-state index contributed by atoms with van der Waals surface area (Å²) in [5.41, 5.74) is -0.0811. The zero-order valence-electron chi connectivity index (χ0n) is 15.9. The van der Waals surface area contributed by atoms with Gasteiger partial charge in [-0.2, -0.15) is 9.78 Å². The number of nitrogens with zero attached hydrogens (tertiary/aromatic N) is 2. The third-order valence-corrected chi connectivity index (χ3v) is 5.13. The van der Waals surface area contributed by atoms with Crippen LogP contribution < -0.4 is 15.6 Å². The number of halogens is 1. The fourth-order valence-corrected chi connectivity index (χ4v) is 3.60. The van der Waals surface area contributed by atoms with E-state index in [1.807, 2.05) is 0 Å². The topological polar surface area (TPSA) is 99.5 Å². The molecule has 2 heterocycles. The third kappa shape index (κ3) is 4.10. The van der Waals surface area contributed by atoms with E-state index in [4.69, 9.17) is 21.1 Å². The molecule has 1 aromatic carbocycles. The number of nitrogens with one attached hydrogen (secondary N) is 1. The second-order valence-corrected chi connectivity index (χ2v) is 7.48. The van der Waals surface area contributed by atoms with Crippen LogP contribution in [0, 0.1) is 0 Å². The van der Waals surface area contributed by atoms with Crippen LogP contribution in [-0.4, -0.2) is 40.8 Å². The predicted molar refractivity (Wildman–Crippen MR) is 112 cm³/mol. The molecule has 1 atom stereocenters. The van der Waals surface area contributed by atoms with Gasteiger partial charge in [-0.15, -0.1) is 22.9 Å². The first-order valence-electron chi connectivity index (χ1n) is 8.68. The normalized spacial score (nSPS) is 11.9. The molecule has 0 aliphatic heterocycles. The van der Waals surface area contributed by atoms with Crippen LogP contribution in [0.2, 0.25) is 0 Å². The minimum absolute atomic E-state index is 0.0204. The lowest BCUT2D eigenvalue weighted by Crippen LogP contribution is -2.26. The highest BCUT2D eigenvalue weighted by molar-refractivity contribution is 7.16. The molecule has 1 amide bonds. The number of alkyl halides is 1. The van der Waals surface area contributed by atoms with Crippen molar-refractivity contribution in [3.05, 3.63) is 45.7 Å². The lowest BCUT2D eigenvalue weighted by molar-refractivity contribution is -0.115. The number of esters is 1. The van der Waals surface area contributed by atoms with Gasteiger partial charge in [0.2, 0.25) is 5.91 Å². The number of fused-ring (bicyclic) bond motifs is 1. The summed E-state index contributed by atoms with van der Waals surface area (Å²) >= 11 is 6.94. The molecular weight excluding hydrogens is 418 g/mol. The Kier molecular flexibility index (Phi) is 6.19. The molecule has 10 heteroatoms. The summed E-state index contributed by atoms with van der Waals surface area (Å²) < 4.78 is 11.3. The van der Waals surface area contributed by atoms with E-state index in [0.29, 0.717) is 16.8 Å². The molecule has 2 aromatic heterocycles. The first-order valence-corrected chi connectivity index (χ1v) is 10.00. The zero-order chi connectivity index (χ0) is 21.1. The Balaban J connectivity index is 2.25. The lowest BCUT2D eigenvalue weighted by Gasteiger charge is -2.10. The molecule has 3 aromatic rings. The molecule has 0 spiro atoms. The second-order valence-electron chi connectivity index (χ2n) is 5.94. The quantitative estimate of drug-likeness (QED) is 0.471. The van der Waals surface area contributed by atoms with E-state index < -0.39 is 22.8 Å². The highest BCUT2D eigenvalue weighted by atomic mass is 35.5. The minimum Gasteiger partial charge on any atom is -0.497 e. The van der Waals surface area contributed by atoms with Gasteiger partial charge in [-0.1, -0.05) is 0 Å². The van der Waals surface area contributed by atoms with Gasteiger partial charge in [0.15, 0.2) is 5.69 Å². The number of rotatable bonds is 6. The average molecular weight is 436 g/mol. The summed E-state index contributed by atoms with van der Waals surface area (Å²) in [4.78, 5) is 37.7. The van der Waals surface area contributed by atoms with E-state index in [9.17, 15) is 14.4 Å². The number of carbonyl (C=O) groups is 2. The number of anilines is 1. The Bertz CT molecular complexity index is 1120. The molecule has 0 aliphatic rings. The average Bonchev–Trinajstić information content (AvgIpc) is 3.12. The number of carbonyl (C=O) groups excluding carboxylic acids is 2. The lowest BCUT2D eigenvalue weighted by atomic mass is 10.2. The van der Waals surface area contributed by atoms with Crippen molar-refractivity contribution in [3.63, 3.8) is 0 Å². The van der Waals surface area contributed by atoms with Gasteiger partial charge in [-0.05, 0) is 38.1 Å². The number of hydrogen-bond acceptors (Lipinski definition) is 7. The molecule has 0 fully saturated rings. The van der Waals surface area contributed by atoms with Crippen molar-refractivity contribution < 1.29 is 19.1 Å². The molecular formula is C19H18ClN3O5S. The molecule has 0 saturated carbocycles. The van der Waals surface area contributed by atoms with Gasteiger partial charge in [0.1, 0.15) is 16.1 Å². The van der Waals surface area contributed by atoms with Crippen LogP contribution in [0.25, 0.3) is 16.5 Å². The van der Waals surface area contributed by atoms with Crippen LogP contribution >= 0.6 is 22.9 Å². The molecule has 29 heavy (non-hydrogen) atoms. The molecule has 3 rings (SSSR count). The maximum atomic E-state index is 13.2. The number of thiophene rings is 1. The molecule has 8 nitrogen and oxygen atoms in total. The van der Waals surface area contributed by atoms with Crippen molar-refractivity contribution in [1.82, 2.24) is 9.78 Å². The zero-order valence-corrected chi connectivity index (χ0v) is 17.5. The number of methoxy groups -OCH3 is 1. The van der Waals surface area contributed by atoms with E-state index in [1.54, 1.807) is 36.6 Å². The SMILES string of the molecule is CCOC(=O)c1nn(-c2ccc(OC)cc2)c(=O)c2c(NC(=O)[C@H](C)Cl)scc12. The summed E-state index contributed by atoms with van der Waals surface area (Å²) in [5.74, 6) is -0.519. The van der Waals surface area contributed by atoms with Crippen molar-refractivity contribution >= 4 is 50.6 Å². The van der Waals surface area contributed by atoms with Crippen LogP contribution in [-0.2, 0) is 9.53 Å². The number of aromatic nitrogens is 2. The van der Waals surface area contributed by atoms with E-state index >= 15 is 0 Å². The van der Waals surface area contributed by atoms with E-state index in [1.165, 1.54) is 14.0 Å². The van der Waals surface area contributed by atoms with Crippen LogP contribution in [0.1, 0.15) is 24.3 Å². The first-order chi connectivity index (χ1) is 13.9. The van der Waals surface area contributed by atoms with Crippen molar-refractivity contribution in [2.45, 2.75) is 19.2 Å². The van der Waals surface area contributed by atoms with E-state index in [0.717, 1.165) is 16.0 Å². The molecule has 0 bridgehead atoms. The van der Waals surface area contributed by atoms with Crippen LogP contribution in [0.5, 0.6) is 5.75 Å². The maximum Gasteiger partial charge on any atom is 0.359 e. The molecule has 0 radical (unpaired) electrons. The maximum absolute atomic E-state index is 13.2. The predicted octanol–water partition coefficient (Wildman–Crippen LogP) is 3.20. The van der Waals surface area contributed by atoms with E-state index in [2.05, 4.69) is 10.4 Å². The minimum atomic E-state index is -0.790. The van der Waals surface area contributed by atoms with Gasteiger partial charge in [0, 0.05) is 10.8 Å². The Morgan fingerprint density at radius 1 is 1.31 bits per heavy atom. The fraction of sp³-hybridized carbons (Fsp3) is 0.263. The summed E-state index contributed by atoms with van der Waals surface area (Å²) in [6, 6.07) is 6.62. The van der Waals surface area contributed by atoms with Gasteiger partial charge in [-0.25, -0.2) is 4.79 Å². The molecule has 1 N–H and O–H groups in total. The largest absolute Gasteiger partial charge is 0.497 e. The van der Waals surface area contributed by atoms with Gasteiger partial charge in [-0.3, -0.25) is 9.59 Å². The number of benzene rings is 1. The van der Waals surface area contributed by atoms with Crippen molar-refractivity contribution in [1.29, 1.82) is 0 Å². The Morgan fingerprint density at radius 2 is 2.00 bits per heavy atom. The highest BCUT2D eigenvalue weighted by Crippen LogP contribution is 2.31. The number of hydrogen-bond donors (Lipinski definition) is 1. The summed E-state index contributed by atoms with van der Waals surface area (Å²) in [6.45, 7) is 3.35. The molecule has 0 unspecified atom stereocenters. The Hall–Kier alpha value is -2.91. The van der Waals surface area contributed by atoms with Gasteiger partial charge >= 0.3 is 5.97 Å². The van der Waals surface area contributed by atoms with Crippen LogP contribution in [0.4, 0.5) is 5.00 Å². The summed E-state index contributed by atoms with van der Waals surface area (Å²) in [7, 11) is 1.53. The van der Waals surface area contributed by atoms with Gasteiger partial charge < -0.3 is 14.8 Å². The molecule has 152 valence electrons. The second kappa shape index (κ2) is 8.62. The summed E-state index contributed by atoms with van der Waals surface area (Å²) in [6.07, 6.45) is 0. The first kappa shape index (κ1) is 20.8. The summed E-state index contributed by atoms with van der Waals surface area (Å²) in [5, 5.41) is 8.42. The fourth-order valence-electron chi connectivity index (χ4n) is 2.60. The molecule has 0 aliphatic carbocycles. The monoisotopic (exact) mass is 435 g/mol. The van der Waals surface area contributed by atoms with Crippen molar-refractivity contribution in [2.75, 3.05) is 19.0 Å². The third-order valence-electron chi connectivity index (χ3n) is 4.04. The van der Waals surface area contributed by atoms with Crippen LogP contribution in [0.15, 0.2) is 34.4 Å². The number of amides is 1. The van der Waals surface area contributed by atoms with Crippen molar-refractivity contribution in [2.24, 2.45) is 0 Å². The van der Waals surface area contributed by atoms with Gasteiger partial charge in [0.05, 0.1) is 24.8 Å². The van der Waals surface area contributed by atoms with Gasteiger partial charge in [0.25, 0.3) is 5.56 Å². The smallest absolute Gasteiger partial charge is 0.359 e.